The first-order chi connectivity index (χ1) is 5.40. The van der Waals surface area contributed by atoms with Crippen LogP contribution in [0.2, 0.25) is 0 Å². The summed E-state index contributed by atoms with van der Waals surface area (Å²) < 4.78 is 34.6. The van der Waals surface area contributed by atoms with E-state index < -0.39 is 16.0 Å². The Balaban J connectivity index is 3.04. The molecule has 0 fully saturated rings. The van der Waals surface area contributed by atoms with E-state index in [2.05, 4.69) is 21.0 Å². The predicted octanol–water partition coefficient (Wildman–Crippen LogP) is 0.982. The highest BCUT2D eigenvalue weighted by Gasteiger charge is 2.15. The van der Waals surface area contributed by atoms with Crippen molar-refractivity contribution in [2.75, 3.05) is 0 Å². The smallest absolute Gasteiger partial charge is 0.270 e. The molecule has 4 nitrogen and oxygen atoms in total. The Morgan fingerprint density at radius 2 is 2.33 bits per heavy atom. The summed E-state index contributed by atoms with van der Waals surface area (Å²) in [4.78, 5) is 0. The molecule has 0 aromatic carbocycles. The van der Waals surface area contributed by atoms with Crippen LogP contribution in [0.1, 0.15) is 5.69 Å². The van der Waals surface area contributed by atoms with Crippen LogP contribution in [-0.2, 0) is 23.0 Å². The van der Waals surface area contributed by atoms with E-state index in [4.69, 9.17) is 0 Å². The molecular weight excluding hydrogens is 251 g/mol. The van der Waals surface area contributed by atoms with Crippen molar-refractivity contribution in [3.63, 3.8) is 0 Å². The normalized spacial score (nSPS) is 11.9. The van der Waals surface area contributed by atoms with Crippen LogP contribution in [0, 0.1) is 0 Å². The molecule has 12 heavy (non-hydrogen) atoms. The number of hydrogen-bond donors (Lipinski definition) is 0. The van der Waals surface area contributed by atoms with Crippen molar-refractivity contribution >= 4 is 26.2 Å². The summed E-state index contributed by atoms with van der Waals surface area (Å²) in [5.41, 5.74) is 0.303. The lowest BCUT2D eigenvalue weighted by molar-refractivity contribution is 0.548. The molecule has 1 heterocycles. The molecule has 0 saturated heterocycles. The van der Waals surface area contributed by atoms with Crippen LogP contribution >= 0.6 is 15.9 Å². The van der Waals surface area contributed by atoms with Crippen LogP contribution in [0.4, 0.5) is 3.89 Å². The van der Waals surface area contributed by atoms with Gasteiger partial charge in [-0.3, -0.25) is 4.68 Å². The Labute approximate surface area is 77.7 Å². The standard InChI is InChI=1S/C5H6BrFN2O2S/c1-9-5(3-12(7,10)11)4(6)2-8-9/h2H,3H2,1H3. The van der Waals surface area contributed by atoms with Gasteiger partial charge in [0.2, 0.25) is 0 Å². The lowest BCUT2D eigenvalue weighted by atomic mass is 10.5. The number of aromatic nitrogens is 2. The minimum Gasteiger partial charge on any atom is -0.270 e. The van der Waals surface area contributed by atoms with Crippen LogP contribution in [-0.4, -0.2) is 18.2 Å². The van der Waals surface area contributed by atoms with Crippen molar-refractivity contribution in [1.29, 1.82) is 0 Å². The number of hydrogen-bond acceptors (Lipinski definition) is 3. The molecule has 0 unspecified atom stereocenters. The summed E-state index contributed by atoms with van der Waals surface area (Å²) in [6.45, 7) is 0. The fraction of sp³-hybridized carbons (Fsp3) is 0.400. The molecule has 1 rings (SSSR count). The molecule has 0 aliphatic rings. The minimum atomic E-state index is -4.48. The molecule has 0 aliphatic heterocycles. The quantitative estimate of drug-likeness (QED) is 0.742. The van der Waals surface area contributed by atoms with E-state index in [9.17, 15) is 12.3 Å². The van der Waals surface area contributed by atoms with E-state index in [1.165, 1.54) is 10.9 Å². The van der Waals surface area contributed by atoms with Gasteiger partial charge >= 0.3 is 10.2 Å². The van der Waals surface area contributed by atoms with Crippen LogP contribution in [0.5, 0.6) is 0 Å². The van der Waals surface area contributed by atoms with Crippen molar-refractivity contribution < 1.29 is 12.3 Å². The van der Waals surface area contributed by atoms with E-state index in [1.54, 1.807) is 7.05 Å². The molecule has 0 atom stereocenters. The van der Waals surface area contributed by atoms with Gasteiger partial charge in [-0.2, -0.15) is 13.5 Å². The second kappa shape index (κ2) is 3.14. The third kappa shape index (κ3) is 2.28. The van der Waals surface area contributed by atoms with Gasteiger partial charge in [-0.15, -0.1) is 3.89 Å². The van der Waals surface area contributed by atoms with E-state index in [0.29, 0.717) is 10.2 Å². The van der Waals surface area contributed by atoms with Gasteiger partial charge in [0.05, 0.1) is 16.4 Å². The highest BCUT2D eigenvalue weighted by atomic mass is 79.9. The third-order valence-electron chi connectivity index (χ3n) is 1.32. The first-order valence-electron chi connectivity index (χ1n) is 2.99. The molecule has 1 aromatic rings. The molecule has 0 aliphatic carbocycles. The van der Waals surface area contributed by atoms with Crippen molar-refractivity contribution in [1.82, 2.24) is 9.78 Å². The van der Waals surface area contributed by atoms with Gasteiger partial charge in [0, 0.05) is 7.05 Å². The molecule has 68 valence electrons. The van der Waals surface area contributed by atoms with Crippen molar-refractivity contribution in [3.05, 3.63) is 16.4 Å². The Bertz CT molecular complexity index is 367. The van der Waals surface area contributed by atoms with Gasteiger partial charge in [0.25, 0.3) is 0 Å². The summed E-state index contributed by atoms with van der Waals surface area (Å²) >= 11 is 3.06. The summed E-state index contributed by atoms with van der Waals surface area (Å²) in [6.07, 6.45) is 1.42. The van der Waals surface area contributed by atoms with E-state index in [0.717, 1.165) is 0 Å². The first kappa shape index (κ1) is 9.66. The minimum absolute atomic E-state index is 0.303. The average Bonchev–Trinajstić information content (AvgIpc) is 2.16. The van der Waals surface area contributed by atoms with Crippen molar-refractivity contribution in [2.45, 2.75) is 5.75 Å². The predicted molar refractivity (Wildman–Crippen MR) is 44.6 cm³/mol. The van der Waals surface area contributed by atoms with E-state index in [-0.39, 0.29) is 0 Å². The zero-order valence-corrected chi connectivity index (χ0v) is 8.56. The van der Waals surface area contributed by atoms with Crippen LogP contribution < -0.4 is 0 Å². The number of aryl methyl sites for hydroxylation is 1. The van der Waals surface area contributed by atoms with Gasteiger partial charge < -0.3 is 0 Å². The second-order valence-corrected chi connectivity index (χ2v) is 4.47. The summed E-state index contributed by atoms with van der Waals surface area (Å²) in [5.74, 6) is -0.649. The van der Waals surface area contributed by atoms with E-state index in [1.807, 2.05) is 0 Å². The Hall–Kier alpha value is -0.430. The average molecular weight is 257 g/mol. The van der Waals surface area contributed by atoms with Crippen LogP contribution in [0.25, 0.3) is 0 Å². The first-order valence-corrected chi connectivity index (χ1v) is 5.33. The van der Waals surface area contributed by atoms with Gasteiger partial charge in [0.1, 0.15) is 5.75 Å². The molecule has 0 N–H and O–H groups in total. The van der Waals surface area contributed by atoms with Crippen LogP contribution in [0.3, 0.4) is 0 Å². The Kier molecular flexibility index (Phi) is 2.52. The zero-order chi connectivity index (χ0) is 9.35. The topological polar surface area (TPSA) is 52.0 Å². The lowest BCUT2D eigenvalue weighted by Crippen LogP contribution is -2.03. The summed E-state index contributed by atoms with van der Waals surface area (Å²) in [7, 11) is -2.94. The Morgan fingerprint density at radius 1 is 1.75 bits per heavy atom. The van der Waals surface area contributed by atoms with Crippen molar-refractivity contribution in [2.24, 2.45) is 7.05 Å². The highest BCUT2D eigenvalue weighted by molar-refractivity contribution is 9.10. The van der Waals surface area contributed by atoms with Gasteiger partial charge in [-0.05, 0) is 15.9 Å². The second-order valence-electron chi connectivity index (χ2n) is 2.25. The van der Waals surface area contributed by atoms with Gasteiger partial charge in [0.15, 0.2) is 0 Å². The fourth-order valence-corrected chi connectivity index (χ4v) is 2.10. The molecule has 1 aromatic heterocycles. The van der Waals surface area contributed by atoms with Gasteiger partial charge in [-0.1, -0.05) is 0 Å². The molecule has 7 heteroatoms. The maximum Gasteiger partial charge on any atom is 0.308 e. The van der Waals surface area contributed by atoms with Gasteiger partial charge in [-0.25, -0.2) is 0 Å². The zero-order valence-electron chi connectivity index (χ0n) is 6.16. The lowest BCUT2D eigenvalue weighted by Gasteiger charge is -1.97. The molecular formula is C5H6BrFN2O2S. The molecule has 0 bridgehead atoms. The van der Waals surface area contributed by atoms with Crippen molar-refractivity contribution in [3.8, 4) is 0 Å². The monoisotopic (exact) mass is 256 g/mol. The largest absolute Gasteiger partial charge is 0.308 e. The van der Waals surface area contributed by atoms with E-state index >= 15 is 0 Å². The Morgan fingerprint density at radius 3 is 2.67 bits per heavy atom. The molecule has 0 spiro atoms. The fourth-order valence-electron chi connectivity index (χ4n) is 0.762. The van der Waals surface area contributed by atoms with Crippen LogP contribution in [0.15, 0.2) is 10.7 Å². The molecule has 0 saturated carbocycles. The number of rotatable bonds is 2. The maximum absolute atomic E-state index is 12.2. The summed E-state index contributed by atoms with van der Waals surface area (Å²) in [5, 5.41) is 3.74. The maximum atomic E-state index is 12.2. The number of halogens is 2. The molecule has 0 amide bonds. The number of nitrogens with zero attached hydrogens (tertiary/aromatic N) is 2. The molecule has 0 radical (unpaired) electrons. The summed E-state index contributed by atoms with van der Waals surface area (Å²) in [6, 6.07) is 0. The highest BCUT2D eigenvalue weighted by Crippen LogP contribution is 2.17. The SMILES string of the molecule is Cn1ncc(Br)c1CS(=O)(=O)F. The third-order valence-corrected chi connectivity index (χ3v) is 2.60.